The molecule has 1 aromatic carbocycles. The van der Waals surface area contributed by atoms with Gasteiger partial charge in [-0.05, 0) is 18.6 Å². The summed E-state index contributed by atoms with van der Waals surface area (Å²) in [6, 6.07) is 7.48. The van der Waals surface area contributed by atoms with Crippen LogP contribution in [-0.2, 0) is 15.0 Å². The number of amides is 1. The van der Waals surface area contributed by atoms with E-state index in [1.165, 1.54) is 0 Å². The molecule has 1 aliphatic rings. The minimum absolute atomic E-state index is 0.0919. The fraction of sp³-hybridized carbons (Fsp3) is 0.273. The van der Waals surface area contributed by atoms with Gasteiger partial charge in [-0.1, -0.05) is 18.2 Å². The molecule has 0 saturated heterocycles. The highest BCUT2D eigenvalue weighted by Crippen LogP contribution is 2.38. The predicted octanol–water partition coefficient (Wildman–Crippen LogP) is 1.49. The molecule has 0 radical (unpaired) electrons. The van der Waals surface area contributed by atoms with Crippen molar-refractivity contribution in [3.63, 3.8) is 0 Å². The molecule has 3 nitrogen and oxygen atoms in total. The summed E-state index contributed by atoms with van der Waals surface area (Å²) in [5, 5.41) is 2.77. The smallest absolute Gasteiger partial charge is 0.235 e. The number of nitrogens with one attached hydrogen (secondary N) is 1. The summed E-state index contributed by atoms with van der Waals surface area (Å²) < 4.78 is 0. The lowest BCUT2D eigenvalue weighted by Gasteiger charge is -2.18. The molecule has 0 aliphatic carbocycles. The number of para-hydroxylation sites is 1. The van der Waals surface area contributed by atoms with Crippen LogP contribution >= 0.6 is 0 Å². The van der Waals surface area contributed by atoms with E-state index in [1.807, 2.05) is 24.3 Å². The standard InChI is InChI=1S/C11H11NO2/c1-11(6-7-13)8-4-2-3-5-9(8)12-10(11)14/h2-5,7H,6H2,1H3,(H,12,14). The van der Waals surface area contributed by atoms with Crippen molar-refractivity contribution in [1.82, 2.24) is 0 Å². The number of carbonyl (C=O) groups is 2. The summed E-state index contributed by atoms with van der Waals surface area (Å²) in [5.74, 6) is -0.0919. The van der Waals surface area contributed by atoms with Gasteiger partial charge in [0.25, 0.3) is 0 Å². The second-order valence-corrected chi connectivity index (χ2v) is 3.70. The third-order valence-electron chi connectivity index (χ3n) is 2.76. The van der Waals surface area contributed by atoms with Crippen LogP contribution in [0.2, 0.25) is 0 Å². The van der Waals surface area contributed by atoms with Crippen molar-refractivity contribution in [3.8, 4) is 0 Å². The Hall–Kier alpha value is -1.64. The first-order valence-corrected chi connectivity index (χ1v) is 4.53. The van der Waals surface area contributed by atoms with Crippen LogP contribution in [0.4, 0.5) is 5.69 Å². The highest BCUT2D eigenvalue weighted by atomic mass is 16.2. The first-order chi connectivity index (χ1) is 6.68. The summed E-state index contributed by atoms with van der Waals surface area (Å²) in [7, 11) is 0. The average Bonchev–Trinajstić information content (AvgIpc) is 2.41. The maximum atomic E-state index is 11.7. The Kier molecular flexibility index (Phi) is 1.88. The molecule has 0 saturated carbocycles. The Bertz CT molecular complexity index is 400. The number of hydrogen-bond acceptors (Lipinski definition) is 2. The van der Waals surface area contributed by atoms with Crippen molar-refractivity contribution in [1.29, 1.82) is 0 Å². The number of hydrogen-bond donors (Lipinski definition) is 1. The van der Waals surface area contributed by atoms with Gasteiger partial charge >= 0.3 is 0 Å². The fourth-order valence-electron chi connectivity index (χ4n) is 1.83. The van der Waals surface area contributed by atoms with Gasteiger partial charge in [0.15, 0.2) is 0 Å². The van der Waals surface area contributed by atoms with E-state index in [0.717, 1.165) is 17.5 Å². The second-order valence-electron chi connectivity index (χ2n) is 3.70. The van der Waals surface area contributed by atoms with E-state index < -0.39 is 5.41 Å². The Labute approximate surface area is 82.1 Å². The highest BCUT2D eigenvalue weighted by Gasteiger charge is 2.41. The maximum Gasteiger partial charge on any atom is 0.235 e. The number of fused-ring (bicyclic) bond motifs is 1. The van der Waals surface area contributed by atoms with Crippen molar-refractivity contribution < 1.29 is 9.59 Å². The minimum Gasteiger partial charge on any atom is -0.325 e. The van der Waals surface area contributed by atoms with Crippen molar-refractivity contribution in [2.24, 2.45) is 0 Å². The van der Waals surface area contributed by atoms with Gasteiger partial charge in [-0.3, -0.25) is 4.79 Å². The van der Waals surface area contributed by atoms with Crippen molar-refractivity contribution in [2.75, 3.05) is 5.32 Å². The van der Waals surface area contributed by atoms with Gasteiger partial charge in [0.1, 0.15) is 6.29 Å². The number of rotatable bonds is 2. The van der Waals surface area contributed by atoms with Crippen LogP contribution in [0.25, 0.3) is 0 Å². The quantitative estimate of drug-likeness (QED) is 0.716. The number of aldehydes is 1. The van der Waals surface area contributed by atoms with Crippen LogP contribution in [0.15, 0.2) is 24.3 Å². The van der Waals surface area contributed by atoms with Crippen molar-refractivity contribution >= 4 is 17.9 Å². The van der Waals surface area contributed by atoms with Gasteiger partial charge in [0.2, 0.25) is 5.91 Å². The first kappa shape index (κ1) is 8.94. The zero-order valence-corrected chi connectivity index (χ0v) is 7.91. The normalized spacial score (nSPS) is 24.2. The van der Waals surface area contributed by atoms with E-state index in [4.69, 9.17) is 0 Å². The minimum atomic E-state index is -0.682. The molecule has 0 aromatic heterocycles. The van der Waals surface area contributed by atoms with Crippen LogP contribution < -0.4 is 5.32 Å². The Balaban J connectivity index is 2.53. The lowest BCUT2D eigenvalue weighted by Crippen LogP contribution is -2.31. The van der Waals surface area contributed by atoms with Crippen molar-refractivity contribution in [2.45, 2.75) is 18.8 Å². The molecule has 1 heterocycles. The van der Waals surface area contributed by atoms with Crippen LogP contribution in [0.3, 0.4) is 0 Å². The molecule has 72 valence electrons. The van der Waals surface area contributed by atoms with E-state index >= 15 is 0 Å². The van der Waals surface area contributed by atoms with Crippen LogP contribution in [0.5, 0.6) is 0 Å². The molecule has 0 spiro atoms. The molecule has 2 rings (SSSR count). The zero-order valence-electron chi connectivity index (χ0n) is 7.91. The molecule has 14 heavy (non-hydrogen) atoms. The third-order valence-corrected chi connectivity index (χ3v) is 2.76. The Morgan fingerprint density at radius 2 is 2.14 bits per heavy atom. The van der Waals surface area contributed by atoms with E-state index in [2.05, 4.69) is 5.32 Å². The highest BCUT2D eigenvalue weighted by molar-refractivity contribution is 6.06. The van der Waals surface area contributed by atoms with E-state index in [1.54, 1.807) is 6.92 Å². The van der Waals surface area contributed by atoms with Gasteiger partial charge < -0.3 is 10.1 Å². The predicted molar refractivity (Wildman–Crippen MR) is 53.1 cm³/mol. The van der Waals surface area contributed by atoms with Gasteiger partial charge in [0.05, 0.1) is 5.41 Å². The molecule has 1 amide bonds. The lowest BCUT2D eigenvalue weighted by molar-refractivity contribution is -0.122. The van der Waals surface area contributed by atoms with E-state index in [0.29, 0.717) is 0 Å². The van der Waals surface area contributed by atoms with Crippen molar-refractivity contribution in [3.05, 3.63) is 29.8 Å². The van der Waals surface area contributed by atoms with Crippen LogP contribution in [0.1, 0.15) is 18.9 Å². The van der Waals surface area contributed by atoms with Gasteiger partial charge in [-0.25, -0.2) is 0 Å². The molecule has 0 fully saturated rings. The summed E-state index contributed by atoms with van der Waals surface area (Å²) in [4.78, 5) is 22.2. The molecule has 1 aliphatic heterocycles. The average molecular weight is 189 g/mol. The first-order valence-electron chi connectivity index (χ1n) is 4.53. The summed E-state index contributed by atoms with van der Waals surface area (Å²) in [6.45, 7) is 1.79. The zero-order chi connectivity index (χ0) is 10.2. The topological polar surface area (TPSA) is 46.2 Å². The Morgan fingerprint density at radius 1 is 1.43 bits per heavy atom. The van der Waals surface area contributed by atoms with Crippen LogP contribution in [0, 0.1) is 0 Å². The lowest BCUT2D eigenvalue weighted by atomic mass is 9.81. The van der Waals surface area contributed by atoms with Gasteiger partial charge in [-0.15, -0.1) is 0 Å². The van der Waals surface area contributed by atoms with Crippen LogP contribution in [-0.4, -0.2) is 12.2 Å². The molecular formula is C11H11NO2. The van der Waals surface area contributed by atoms with Gasteiger partial charge in [0, 0.05) is 12.1 Å². The summed E-state index contributed by atoms with van der Waals surface area (Å²) in [5.41, 5.74) is 1.05. The molecule has 1 aromatic rings. The van der Waals surface area contributed by atoms with E-state index in [-0.39, 0.29) is 12.3 Å². The van der Waals surface area contributed by atoms with E-state index in [9.17, 15) is 9.59 Å². The number of carbonyl (C=O) groups excluding carboxylic acids is 2. The molecule has 1 atom stereocenters. The molecule has 3 heteroatoms. The number of anilines is 1. The Morgan fingerprint density at radius 3 is 2.86 bits per heavy atom. The summed E-state index contributed by atoms with van der Waals surface area (Å²) in [6.07, 6.45) is 1.03. The fourth-order valence-corrected chi connectivity index (χ4v) is 1.83. The molecule has 1 N–H and O–H groups in total. The monoisotopic (exact) mass is 189 g/mol. The third kappa shape index (κ3) is 1.05. The molecule has 1 unspecified atom stereocenters. The van der Waals surface area contributed by atoms with Gasteiger partial charge in [-0.2, -0.15) is 0 Å². The number of benzene rings is 1. The SMILES string of the molecule is CC1(CC=O)C(=O)Nc2ccccc21. The maximum absolute atomic E-state index is 11.7. The molecular weight excluding hydrogens is 178 g/mol. The summed E-state index contributed by atoms with van der Waals surface area (Å²) >= 11 is 0. The second kappa shape index (κ2) is 2.94. The largest absolute Gasteiger partial charge is 0.325 e. The molecule has 0 bridgehead atoms.